The first-order valence-electron chi connectivity index (χ1n) is 6.54. The molecule has 0 aliphatic carbocycles. The Hall–Kier alpha value is -0.570. The van der Waals surface area contributed by atoms with E-state index in [2.05, 4.69) is 20.7 Å². The molecule has 1 aromatic rings. The maximum atomic E-state index is 12.3. The number of carbonyl (C=O) groups is 1. The van der Waals surface area contributed by atoms with Crippen molar-refractivity contribution in [1.82, 2.24) is 4.72 Å². The van der Waals surface area contributed by atoms with Gasteiger partial charge in [-0.2, -0.15) is 11.8 Å². The van der Waals surface area contributed by atoms with Gasteiger partial charge in [-0.05, 0) is 52.7 Å². The van der Waals surface area contributed by atoms with E-state index in [1.165, 1.54) is 24.6 Å². The van der Waals surface area contributed by atoms with Crippen molar-refractivity contribution in [2.45, 2.75) is 29.4 Å². The summed E-state index contributed by atoms with van der Waals surface area (Å²) in [5.41, 5.74) is -0.0504. The number of sulfonamides is 1. The number of halogens is 1. The molecule has 1 aliphatic rings. The lowest BCUT2D eigenvalue weighted by molar-refractivity contribution is 0.0696. The molecule has 0 saturated carbocycles. The summed E-state index contributed by atoms with van der Waals surface area (Å²) < 4.78 is 27.6. The first-order chi connectivity index (χ1) is 9.90. The number of hydrogen-bond donors (Lipinski definition) is 2. The van der Waals surface area contributed by atoms with Crippen LogP contribution >= 0.6 is 27.7 Å². The zero-order valence-corrected chi connectivity index (χ0v) is 14.4. The third kappa shape index (κ3) is 4.45. The summed E-state index contributed by atoms with van der Waals surface area (Å²) >= 11 is 4.94. The van der Waals surface area contributed by atoms with Crippen LogP contribution in [-0.4, -0.2) is 37.0 Å². The molecule has 1 fully saturated rings. The van der Waals surface area contributed by atoms with E-state index >= 15 is 0 Å². The number of aromatic carboxylic acids is 1. The summed E-state index contributed by atoms with van der Waals surface area (Å²) in [4.78, 5) is 10.9. The van der Waals surface area contributed by atoms with Gasteiger partial charge in [-0.25, -0.2) is 17.9 Å². The average molecular weight is 394 g/mol. The Morgan fingerprint density at radius 1 is 1.43 bits per heavy atom. The van der Waals surface area contributed by atoms with E-state index in [4.69, 9.17) is 5.11 Å². The van der Waals surface area contributed by atoms with Crippen molar-refractivity contribution in [2.24, 2.45) is 0 Å². The van der Waals surface area contributed by atoms with Gasteiger partial charge in [-0.3, -0.25) is 0 Å². The zero-order valence-electron chi connectivity index (χ0n) is 11.2. The molecule has 0 aromatic heterocycles. The SMILES string of the molecule is O=C(O)c1ccc(Br)c(S(=O)(=O)NCC2CCCCS2)c1. The van der Waals surface area contributed by atoms with E-state index in [0.29, 0.717) is 11.0 Å². The molecule has 0 spiro atoms. The fraction of sp³-hybridized carbons (Fsp3) is 0.462. The molecule has 0 amide bonds. The quantitative estimate of drug-likeness (QED) is 0.803. The fourth-order valence-electron chi connectivity index (χ4n) is 2.09. The second-order valence-corrected chi connectivity index (χ2v) is 8.79. The van der Waals surface area contributed by atoms with Gasteiger partial charge in [0.05, 0.1) is 10.5 Å². The first-order valence-corrected chi connectivity index (χ1v) is 9.87. The topological polar surface area (TPSA) is 83.5 Å². The average Bonchev–Trinajstić information content (AvgIpc) is 2.46. The number of rotatable bonds is 5. The van der Waals surface area contributed by atoms with Crippen molar-refractivity contribution in [1.29, 1.82) is 0 Å². The largest absolute Gasteiger partial charge is 0.478 e. The van der Waals surface area contributed by atoms with Crippen LogP contribution in [0.25, 0.3) is 0 Å². The number of carboxylic acid groups (broad SMARTS) is 1. The minimum Gasteiger partial charge on any atom is -0.478 e. The summed E-state index contributed by atoms with van der Waals surface area (Å²) in [5.74, 6) is -0.0910. The van der Waals surface area contributed by atoms with Crippen LogP contribution in [0.15, 0.2) is 27.6 Å². The van der Waals surface area contributed by atoms with Gasteiger partial charge in [0.1, 0.15) is 0 Å². The minimum absolute atomic E-state index is 0.0387. The Kier molecular flexibility index (Phi) is 5.70. The molecular weight excluding hydrogens is 378 g/mol. The van der Waals surface area contributed by atoms with Gasteiger partial charge in [0.25, 0.3) is 0 Å². The number of nitrogens with one attached hydrogen (secondary N) is 1. The van der Waals surface area contributed by atoms with Crippen LogP contribution in [0.1, 0.15) is 29.6 Å². The molecule has 1 saturated heterocycles. The van der Waals surface area contributed by atoms with Crippen molar-refractivity contribution in [3.63, 3.8) is 0 Å². The zero-order chi connectivity index (χ0) is 15.5. The molecule has 0 bridgehead atoms. The first kappa shape index (κ1) is 16.8. The van der Waals surface area contributed by atoms with Gasteiger partial charge >= 0.3 is 5.97 Å². The van der Waals surface area contributed by atoms with Crippen molar-refractivity contribution in [3.8, 4) is 0 Å². The van der Waals surface area contributed by atoms with Gasteiger partial charge in [0.2, 0.25) is 10.0 Å². The van der Waals surface area contributed by atoms with E-state index in [1.807, 2.05) is 0 Å². The van der Waals surface area contributed by atoms with Crippen molar-refractivity contribution in [2.75, 3.05) is 12.3 Å². The van der Waals surface area contributed by atoms with Crippen LogP contribution in [0.2, 0.25) is 0 Å². The maximum absolute atomic E-state index is 12.3. The molecule has 2 N–H and O–H groups in total. The van der Waals surface area contributed by atoms with Crippen LogP contribution in [-0.2, 0) is 10.0 Å². The standard InChI is InChI=1S/C13H16BrNO4S2/c14-11-5-4-9(13(16)17)7-12(11)21(18,19)15-8-10-3-1-2-6-20-10/h4-5,7,10,15H,1-3,6,8H2,(H,16,17). The lowest BCUT2D eigenvalue weighted by Gasteiger charge is -2.21. The molecule has 116 valence electrons. The number of hydrogen-bond acceptors (Lipinski definition) is 4. The van der Waals surface area contributed by atoms with E-state index in [0.717, 1.165) is 18.6 Å². The summed E-state index contributed by atoms with van der Waals surface area (Å²) in [7, 11) is -3.72. The molecule has 1 atom stereocenters. The highest BCUT2D eigenvalue weighted by Crippen LogP contribution is 2.26. The predicted octanol–water partition coefficient (Wildman–Crippen LogP) is 2.71. The molecule has 2 rings (SSSR count). The van der Waals surface area contributed by atoms with Crippen LogP contribution < -0.4 is 4.72 Å². The van der Waals surface area contributed by atoms with Crippen molar-refractivity contribution < 1.29 is 18.3 Å². The lowest BCUT2D eigenvalue weighted by atomic mass is 10.2. The third-order valence-electron chi connectivity index (χ3n) is 3.24. The molecule has 5 nitrogen and oxygen atoms in total. The Morgan fingerprint density at radius 3 is 2.81 bits per heavy atom. The Balaban J connectivity index is 2.14. The summed E-state index contributed by atoms with van der Waals surface area (Å²) in [6.07, 6.45) is 3.31. The smallest absolute Gasteiger partial charge is 0.335 e. The third-order valence-corrected chi connectivity index (χ3v) is 7.06. The highest BCUT2D eigenvalue weighted by Gasteiger charge is 2.22. The molecule has 1 aliphatic heterocycles. The highest BCUT2D eigenvalue weighted by atomic mass is 79.9. The number of benzene rings is 1. The van der Waals surface area contributed by atoms with Crippen LogP contribution in [0.4, 0.5) is 0 Å². The normalized spacial score (nSPS) is 19.4. The maximum Gasteiger partial charge on any atom is 0.335 e. The van der Waals surface area contributed by atoms with E-state index in [-0.39, 0.29) is 15.7 Å². The van der Waals surface area contributed by atoms with E-state index < -0.39 is 16.0 Å². The number of carboxylic acids is 1. The highest BCUT2D eigenvalue weighted by molar-refractivity contribution is 9.10. The molecule has 1 aromatic carbocycles. The Labute approximate surface area is 136 Å². The fourth-order valence-corrected chi connectivity index (χ4v) is 5.50. The van der Waals surface area contributed by atoms with Gasteiger partial charge < -0.3 is 5.11 Å². The van der Waals surface area contributed by atoms with E-state index in [9.17, 15) is 13.2 Å². The number of thioether (sulfide) groups is 1. The van der Waals surface area contributed by atoms with Gasteiger partial charge in [0.15, 0.2) is 0 Å². The van der Waals surface area contributed by atoms with Gasteiger partial charge in [-0.15, -0.1) is 0 Å². The lowest BCUT2D eigenvalue weighted by Crippen LogP contribution is -2.32. The molecule has 0 radical (unpaired) electrons. The van der Waals surface area contributed by atoms with Gasteiger partial charge in [-0.1, -0.05) is 6.42 Å². The second-order valence-electron chi connectivity index (χ2n) is 4.79. The minimum atomic E-state index is -3.72. The molecule has 1 unspecified atom stereocenters. The predicted molar refractivity (Wildman–Crippen MR) is 86.4 cm³/mol. The summed E-state index contributed by atoms with van der Waals surface area (Å²) in [6.45, 7) is 0.372. The molecular formula is C13H16BrNO4S2. The van der Waals surface area contributed by atoms with Crippen molar-refractivity contribution >= 4 is 43.7 Å². The Morgan fingerprint density at radius 2 is 2.19 bits per heavy atom. The summed E-state index contributed by atoms with van der Waals surface area (Å²) in [6, 6.07) is 3.97. The second kappa shape index (κ2) is 7.13. The monoisotopic (exact) mass is 393 g/mol. The molecule has 8 heteroatoms. The van der Waals surface area contributed by atoms with Crippen LogP contribution in [0.3, 0.4) is 0 Å². The van der Waals surface area contributed by atoms with E-state index in [1.54, 1.807) is 11.8 Å². The Bertz CT molecular complexity index is 627. The van der Waals surface area contributed by atoms with Crippen LogP contribution in [0, 0.1) is 0 Å². The summed E-state index contributed by atoms with van der Waals surface area (Å²) in [5, 5.41) is 9.25. The van der Waals surface area contributed by atoms with Gasteiger partial charge in [0, 0.05) is 16.3 Å². The molecule has 21 heavy (non-hydrogen) atoms. The van der Waals surface area contributed by atoms with Crippen molar-refractivity contribution in [3.05, 3.63) is 28.2 Å². The van der Waals surface area contributed by atoms with Crippen LogP contribution in [0.5, 0.6) is 0 Å². The molecule has 1 heterocycles.